The van der Waals surface area contributed by atoms with Crippen LogP contribution in [0, 0.1) is 11.8 Å². The normalized spacial score (nSPS) is 42.7. The predicted octanol–water partition coefficient (Wildman–Crippen LogP) is 3.29. The maximum Gasteiger partial charge on any atom is 0.349 e. The number of hydrogen-bond acceptors (Lipinski definition) is 6. The van der Waals surface area contributed by atoms with Gasteiger partial charge in [0, 0.05) is 11.8 Å². The van der Waals surface area contributed by atoms with Crippen LogP contribution in [0.5, 0.6) is 0 Å². The molecule has 3 aliphatic carbocycles. The van der Waals surface area contributed by atoms with Crippen LogP contribution in [0.15, 0.2) is 0 Å². The van der Waals surface area contributed by atoms with E-state index in [0.717, 1.165) is 19.8 Å². The first-order valence-electron chi connectivity index (χ1n) is 10.7. The molecule has 0 aromatic carbocycles. The highest BCUT2D eigenvalue weighted by Gasteiger charge is 2.88. The molecule has 2 bridgehead atoms. The van der Waals surface area contributed by atoms with E-state index in [4.69, 9.17) is 14.2 Å². The zero-order valence-electron chi connectivity index (χ0n) is 17.3. The summed E-state index contributed by atoms with van der Waals surface area (Å²) in [6.07, 6.45) is -0.0264. The van der Waals surface area contributed by atoms with E-state index < -0.39 is 64.6 Å². The molecule has 1 heterocycles. The molecule has 7 atom stereocenters. The van der Waals surface area contributed by atoms with Gasteiger partial charge in [-0.1, -0.05) is 13.8 Å². The number of esters is 3. The molecule has 4 aliphatic rings. The van der Waals surface area contributed by atoms with Gasteiger partial charge in [-0.15, -0.1) is 0 Å². The first kappa shape index (κ1) is 21.4. The van der Waals surface area contributed by atoms with Gasteiger partial charge in [0.25, 0.3) is 11.3 Å². The molecule has 1 saturated heterocycles. The van der Waals surface area contributed by atoms with Crippen molar-refractivity contribution in [1.29, 1.82) is 0 Å². The standard InChI is InChI=1S/C21H27F3O6/c1-4-18(3,22)15(25)28-13-12-10-11-14(13)29-16(26)20(11,23)21(12,24)17(27)30-19(5-2)8-6-7-9-19/h11-14H,4-10H2,1-3H3. The van der Waals surface area contributed by atoms with Crippen molar-refractivity contribution in [1.82, 2.24) is 0 Å². The van der Waals surface area contributed by atoms with Crippen LogP contribution in [0.2, 0.25) is 0 Å². The number of hydrogen-bond donors (Lipinski definition) is 0. The van der Waals surface area contributed by atoms with Gasteiger partial charge in [0.15, 0.2) is 0 Å². The van der Waals surface area contributed by atoms with Crippen LogP contribution in [0.3, 0.4) is 0 Å². The summed E-state index contributed by atoms with van der Waals surface area (Å²) in [6, 6.07) is 0. The molecule has 0 spiro atoms. The number of ether oxygens (including phenoxy) is 3. The summed E-state index contributed by atoms with van der Waals surface area (Å²) in [6.45, 7) is 4.25. The highest BCUT2D eigenvalue weighted by atomic mass is 19.2. The molecule has 0 N–H and O–H groups in total. The third-order valence-electron chi connectivity index (χ3n) is 7.81. The molecule has 0 amide bonds. The second-order valence-electron chi connectivity index (χ2n) is 9.30. The van der Waals surface area contributed by atoms with Crippen LogP contribution >= 0.6 is 0 Å². The van der Waals surface area contributed by atoms with Crippen molar-refractivity contribution in [3.63, 3.8) is 0 Å². The van der Waals surface area contributed by atoms with Gasteiger partial charge in [0.1, 0.15) is 17.8 Å². The van der Waals surface area contributed by atoms with Crippen molar-refractivity contribution in [2.45, 2.75) is 101 Å². The summed E-state index contributed by atoms with van der Waals surface area (Å²) >= 11 is 0. The fraction of sp³-hybridized carbons (Fsp3) is 0.857. The first-order valence-corrected chi connectivity index (χ1v) is 10.7. The predicted molar refractivity (Wildman–Crippen MR) is 96.4 cm³/mol. The maximum absolute atomic E-state index is 16.3. The number of rotatable bonds is 6. The summed E-state index contributed by atoms with van der Waals surface area (Å²) < 4.78 is 62.2. The van der Waals surface area contributed by atoms with Gasteiger partial charge >= 0.3 is 17.9 Å². The Labute approximate surface area is 172 Å². The van der Waals surface area contributed by atoms with Crippen LogP contribution in [0.1, 0.15) is 65.7 Å². The van der Waals surface area contributed by atoms with Crippen molar-refractivity contribution >= 4 is 17.9 Å². The van der Waals surface area contributed by atoms with Gasteiger partial charge < -0.3 is 14.2 Å². The van der Waals surface area contributed by atoms with E-state index in [9.17, 15) is 18.8 Å². The highest BCUT2D eigenvalue weighted by Crippen LogP contribution is 2.66. The maximum atomic E-state index is 16.3. The molecule has 0 aromatic rings. The molecule has 7 unspecified atom stereocenters. The summed E-state index contributed by atoms with van der Waals surface area (Å²) in [7, 11) is 0. The second kappa shape index (κ2) is 6.60. The quantitative estimate of drug-likeness (QED) is 0.473. The molecule has 3 saturated carbocycles. The van der Waals surface area contributed by atoms with E-state index in [-0.39, 0.29) is 12.8 Å². The van der Waals surface area contributed by atoms with Gasteiger partial charge in [-0.2, -0.15) is 0 Å². The lowest BCUT2D eigenvalue weighted by Crippen LogP contribution is -2.64. The van der Waals surface area contributed by atoms with E-state index >= 15 is 8.78 Å². The number of carbonyl (C=O) groups excluding carboxylic acids is 3. The van der Waals surface area contributed by atoms with E-state index in [1.807, 2.05) is 0 Å². The van der Waals surface area contributed by atoms with Gasteiger partial charge in [0.05, 0.1) is 0 Å². The first-order chi connectivity index (χ1) is 14.0. The number of carbonyl (C=O) groups is 3. The third-order valence-corrected chi connectivity index (χ3v) is 7.81. The van der Waals surface area contributed by atoms with Crippen LogP contribution in [0.25, 0.3) is 0 Å². The molecule has 4 fully saturated rings. The molecule has 9 heteroatoms. The fourth-order valence-electron chi connectivity index (χ4n) is 5.63. The smallest absolute Gasteiger partial charge is 0.349 e. The van der Waals surface area contributed by atoms with E-state index in [1.54, 1.807) is 6.92 Å². The summed E-state index contributed by atoms with van der Waals surface area (Å²) in [5.74, 6) is -6.99. The zero-order chi connectivity index (χ0) is 22.1. The SMILES string of the molecule is CCC1(OC(=O)C2(F)C3CC4C(OC(=O)C42F)C3OC(=O)C(C)(F)CC)CCCC1. The Bertz CT molecular complexity index is 779. The van der Waals surface area contributed by atoms with Crippen molar-refractivity contribution in [2.75, 3.05) is 0 Å². The van der Waals surface area contributed by atoms with Gasteiger partial charge in [-0.25, -0.2) is 27.6 Å². The minimum Gasteiger partial charge on any atom is -0.457 e. The second-order valence-corrected chi connectivity index (χ2v) is 9.30. The Morgan fingerprint density at radius 1 is 1.20 bits per heavy atom. The Kier molecular flexibility index (Phi) is 4.71. The van der Waals surface area contributed by atoms with Gasteiger partial charge in [-0.3, -0.25) is 0 Å². The van der Waals surface area contributed by atoms with E-state index in [2.05, 4.69) is 0 Å². The Morgan fingerprint density at radius 3 is 2.40 bits per heavy atom. The lowest BCUT2D eigenvalue weighted by molar-refractivity contribution is -0.202. The van der Waals surface area contributed by atoms with Crippen molar-refractivity contribution in [3.05, 3.63) is 0 Å². The monoisotopic (exact) mass is 432 g/mol. The minimum absolute atomic E-state index is 0.189. The molecule has 4 rings (SSSR count). The summed E-state index contributed by atoms with van der Waals surface area (Å²) in [5.41, 5.74) is -9.79. The van der Waals surface area contributed by atoms with Gasteiger partial charge in [0.2, 0.25) is 5.67 Å². The lowest BCUT2D eigenvalue weighted by Gasteiger charge is -2.40. The number of halogens is 3. The Morgan fingerprint density at radius 2 is 1.83 bits per heavy atom. The fourth-order valence-corrected chi connectivity index (χ4v) is 5.63. The Balaban J connectivity index is 1.66. The molecule has 168 valence electrons. The summed E-state index contributed by atoms with van der Waals surface area (Å²) in [5, 5.41) is 0. The highest BCUT2D eigenvalue weighted by molar-refractivity contribution is 5.97. The molecule has 0 radical (unpaired) electrons. The molecule has 30 heavy (non-hydrogen) atoms. The van der Waals surface area contributed by atoms with Crippen LogP contribution in [-0.4, -0.2) is 52.7 Å². The number of alkyl halides is 3. The lowest BCUT2D eigenvalue weighted by atomic mass is 9.73. The topological polar surface area (TPSA) is 78.9 Å². The van der Waals surface area contributed by atoms with Crippen molar-refractivity contribution in [3.8, 4) is 0 Å². The average molecular weight is 432 g/mol. The van der Waals surface area contributed by atoms with E-state index in [1.165, 1.54) is 6.92 Å². The molecular weight excluding hydrogens is 405 g/mol. The van der Waals surface area contributed by atoms with Crippen LogP contribution < -0.4 is 0 Å². The third kappa shape index (κ3) is 2.52. The largest absolute Gasteiger partial charge is 0.457 e. The van der Waals surface area contributed by atoms with Crippen molar-refractivity contribution in [2.24, 2.45) is 11.8 Å². The summed E-state index contributed by atoms with van der Waals surface area (Å²) in [4.78, 5) is 37.6. The number of fused-ring (bicyclic) bond motifs is 1. The van der Waals surface area contributed by atoms with Crippen molar-refractivity contribution < 1.29 is 41.8 Å². The molecule has 1 aliphatic heterocycles. The van der Waals surface area contributed by atoms with E-state index in [0.29, 0.717) is 19.3 Å². The minimum atomic E-state index is -3.35. The average Bonchev–Trinajstić information content (AvgIpc) is 3.41. The van der Waals surface area contributed by atoms with Gasteiger partial charge in [-0.05, 0) is 51.9 Å². The molecule has 6 nitrogen and oxygen atoms in total. The van der Waals surface area contributed by atoms with Crippen LogP contribution in [0.4, 0.5) is 13.2 Å². The zero-order valence-corrected chi connectivity index (χ0v) is 17.3. The molecule has 0 aromatic heterocycles. The van der Waals surface area contributed by atoms with Crippen LogP contribution in [-0.2, 0) is 28.6 Å². The Hall–Kier alpha value is -1.80. The molecular formula is C21H27F3O6.